The Morgan fingerprint density at radius 1 is 0.885 bits per heavy atom. The van der Waals surface area contributed by atoms with Gasteiger partial charge < -0.3 is 5.32 Å². The summed E-state index contributed by atoms with van der Waals surface area (Å²) in [6.07, 6.45) is 3.86. The number of aromatic nitrogens is 1. The Bertz CT molecular complexity index is 918. The van der Waals surface area contributed by atoms with Crippen LogP contribution in [-0.4, -0.2) is 11.7 Å². The molecule has 1 amide bonds. The van der Waals surface area contributed by atoms with E-state index >= 15 is 0 Å². The number of pyridine rings is 1. The van der Waals surface area contributed by atoms with Crippen molar-refractivity contribution in [3.63, 3.8) is 0 Å². The molecule has 1 aromatic heterocycles. The van der Waals surface area contributed by atoms with E-state index in [4.69, 9.17) is 0 Å². The van der Waals surface area contributed by atoms with Gasteiger partial charge in [0.2, 0.25) is 6.04 Å². The molecule has 26 heavy (non-hydrogen) atoms. The van der Waals surface area contributed by atoms with Crippen LogP contribution in [0.5, 0.6) is 0 Å². The lowest BCUT2D eigenvalue weighted by atomic mass is 10.1. The van der Waals surface area contributed by atoms with Gasteiger partial charge in [-0.3, -0.25) is 9.59 Å². The number of carbonyl (C=O) groups excluding carboxylic acids is 2. The van der Waals surface area contributed by atoms with E-state index in [1.165, 1.54) is 6.92 Å². The molecule has 0 bridgehead atoms. The van der Waals surface area contributed by atoms with Gasteiger partial charge in [-0.05, 0) is 42.8 Å². The molecule has 1 N–H and O–H groups in total. The van der Waals surface area contributed by atoms with Crippen LogP contribution in [0.2, 0.25) is 0 Å². The number of amides is 1. The van der Waals surface area contributed by atoms with E-state index in [1.807, 2.05) is 66.3 Å². The molecular weight excluding hydrogens is 324 g/mol. The molecule has 1 heterocycles. The minimum Gasteiger partial charge on any atom is -0.320 e. The molecule has 4 heteroatoms. The number of hydrogen-bond donors (Lipinski definition) is 1. The van der Waals surface area contributed by atoms with Crippen molar-refractivity contribution in [2.45, 2.75) is 19.9 Å². The highest BCUT2D eigenvalue weighted by atomic mass is 16.2. The molecule has 0 aliphatic rings. The van der Waals surface area contributed by atoms with Gasteiger partial charge in [0, 0.05) is 29.8 Å². The Balaban J connectivity index is 1.75. The number of Topliss-reactive ketones (excluding diaryl/α,β-unsaturated/α-hetero) is 1. The minimum absolute atomic E-state index is 0.00419. The standard InChI is InChI=1S/C22H20N2O2/c1-16(22(26)23-21-12-10-18(11-13-21)17(2)25)24-14-6-9-20(15-24)19-7-4-3-5-8-19/h3-16H,1-2H3/p+1/t16-/m0/s1. The van der Waals surface area contributed by atoms with Crippen molar-refractivity contribution in [1.82, 2.24) is 0 Å². The molecule has 2 aromatic carbocycles. The number of nitrogens with one attached hydrogen (secondary N) is 1. The average Bonchev–Trinajstić information content (AvgIpc) is 2.68. The third kappa shape index (κ3) is 4.03. The maximum absolute atomic E-state index is 12.6. The van der Waals surface area contributed by atoms with Crippen LogP contribution >= 0.6 is 0 Å². The molecule has 130 valence electrons. The summed E-state index contributed by atoms with van der Waals surface area (Å²) in [5.74, 6) is -0.111. The molecule has 0 saturated heterocycles. The number of carbonyl (C=O) groups is 2. The van der Waals surface area contributed by atoms with Crippen molar-refractivity contribution in [3.05, 3.63) is 84.7 Å². The molecule has 0 saturated carbocycles. The summed E-state index contributed by atoms with van der Waals surface area (Å²) in [5, 5.41) is 2.89. The number of nitrogens with zero attached hydrogens (tertiary/aromatic N) is 1. The summed E-state index contributed by atoms with van der Waals surface area (Å²) < 4.78 is 1.89. The lowest BCUT2D eigenvalue weighted by Gasteiger charge is -2.10. The number of ketones is 1. The van der Waals surface area contributed by atoms with Crippen LogP contribution < -0.4 is 9.88 Å². The summed E-state index contributed by atoms with van der Waals surface area (Å²) >= 11 is 0. The number of benzene rings is 2. The molecule has 0 aliphatic carbocycles. The van der Waals surface area contributed by atoms with E-state index in [0.29, 0.717) is 11.3 Å². The first-order valence-corrected chi connectivity index (χ1v) is 8.52. The quantitative estimate of drug-likeness (QED) is 0.560. The predicted octanol–water partition coefficient (Wildman–Crippen LogP) is 4.04. The summed E-state index contributed by atoms with van der Waals surface area (Å²) in [6.45, 7) is 3.38. The monoisotopic (exact) mass is 345 g/mol. The second kappa shape index (κ2) is 7.74. The Labute approximate surface area is 153 Å². The summed E-state index contributed by atoms with van der Waals surface area (Å²) in [4.78, 5) is 23.9. The van der Waals surface area contributed by atoms with Gasteiger partial charge >= 0.3 is 0 Å². The summed E-state index contributed by atoms with van der Waals surface area (Å²) in [5.41, 5.74) is 3.46. The van der Waals surface area contributed by atoms with Crippen LogP contribution in [0.15, 0.2) is 79.1 Å². The second-order valence-electron chi connectivity index (χ2n) is 6.20. The largest absolute Gasteiger partial charge is 0.320 e. The first-order chi connectivity index (χ1) is 12.5. The van der Waals surface area contributed by atoms with E-state index in [1.54, 1.807) is 24.3 Å². The third-order valence-electron chi connectivity index (χ3n) is 4.31. The summed E-state index contributed by atoms with van der Waals surface area (Å²) in [6, 6.07) is 20.6. The first kappa shape index (κ1) is 17.5. The maximum Gasteiger partial charge on any atom is 0.293 e. The fourth-order valence-corrected chi connectivity index (χ4v) is 2.71. The van der Waals surface area contributed by atoms with Crippen molar-refractivity contribution >= 4 is 17.4 Å². The Kier molecular flexibility index (Phi) is 5.23. The molecule has 3 rings (SSSR count). The van der Waals surface area contributed by atoms with Crippen LogP contribution in [0.25, 0.3) is 11.1 Å². The molecule has 0 fully saturated rings. The maximum atomic E-state index is 12.6. The van der Waals surface area contributed by atoms with Crippen molar-refractivity contribution < 1.29 is 14.2 Å². The normalized spacial score (nSPS) is 11.6. The van der Waals surface area contributed by atoms with Crippen molar-refractivity contribution in [1.29, 1.82) is 0 Å². The van der Waals surface area contributed by atoms with Gasteiger partial charge in [-0.1, -0.05) is 30.3 Å². The van der Waals surface area contributed by atoms with Crippen LogP contribution in [-0.2, 0) is 4.79 Å². The number of hydrogen-bond acceptors (Lipinski definition) is 2. The molecule has 0 aliphatic heterocycles. The Hall–Kier alpha value is -3.27. The SMILES string of the molecule is CC(=O)c1ccc(NC(=O)[C@H](C)[n+]2cccc(-c3ccccc3)c2)cc1. The Morgan fingerprint density at radius 3 is 2.19 bits per heavy atom. The zero-order valence-corrected chi connectivity index (χ0v) is 14.8. The number of anilines is 1. The van der Waals surface area contributed by atoms with Gasteiger partial charge in [-0.15, -0.1) is 0 Å². The lowest BCUT2D eigenvalue weighted by Crippen LogP contribution is -2.44. The van der Waals surface area contributed by atoms with E-state index < -0.39 is 0 Å². The van der Waals surface area contributed by atoms with Crippen molar-refractivity contribution in [3.8, 4) is 11.1 Å². The highest BCUT2D eigenvalue weighted by Gasteiger charge is 2.22. The summed E-state index contributed by atoms with van der Waals surface area (Å²) in [7, 11) is 0. The second-order valence-corrected chi connectivity index (χ2v) is 6.20. The van der Waals surface area contributed by atoms with Crippen LogP contribution in [0.4, 0.5) is 5.69 Å². The smallest absolute Gasteiger partial charge is 0.293 e. The van der Waals surface area contributed by atoms with Crippen LogP contribution in [0.3, 0.4) is 0 Å². The van der Waals surface area contributed by atoms with Gasteiger partial charge in [0.15, 0.2) is 18.2 Å². The molecular formula is C22H21N2O2+. The van der Waals surface area contributed by atoms with Gasteiger partial charge in [0.1, 0.15) is 0 Å². The minimum atomic E-state index is -0.369. The van der Waals surface area contributed by atoms with Gasteiger partial charge in [-0.25, -0.2) is 0 Å². The first-order valence-electron chi connectivity index (χ1n) is 8.52. The van der Waals surface area contributed by atoms with E-state index in [0.717, 1.165) is 11.1 Å². The van der Waals surface area contributed by atoms with Crippen molar-refractivity contribution in [2.24, 2.45) is 0 Å². The Morgan fingerprint density at radius 2 is 1.54 bits per heavy atom. The van der Waals surface area contributed by atoms with E-state index in [2.05, 4.69) is 5.32 Å². The highest BCUT2D eigenvalue weighted by molar-refractivity contribution is 5.96. The van der Waals surface area contributed by atoms with Crippen molar-refractivity contribution in [2.75, 3.05) is 5.32 Å². The topological polar surface area (TPSA) is 50.1 Å². The third-order valence-corrected chi connectivity index (χ3v) is 4.31. The van der Waals surface area contributed by atoms with Gasteiger partial charge in [0.05, 0.1) is 0 Å². The molecule has 0 spiro atoms. The van der Waals surface area contributed by atoms with E-state index in [-0.39, 0.29) is 17.7 Å². The predicted molar refractivity (Wildman–Crippen MR) is 102 cm³/mol. The van der Waals surface area contributed by atoms with E-state index in [9.17, 15) is 9.59 Å². The zero-order valence-electron chi connectivity index (χ0n) is 14.8. The molecule has 1 atom stereocenters. The van der Waals surface area contributed by atoms with Gasteiger partial charge in [-0.2, -0.15) is 4.57 Å². The lowest BCUT2D eigenvalue weighted by molar-refractivity contribution is -0.705. The highest BCUT2D eigenvalue weighted by Crippen LogP contribution is 2.17. The average molecular weight is 345 g/mol. The molecule has 3 aromatic rings. The van der Waals surface area contributed by atoms with Gasteiger partial charge in [0.25, 0.3) is 5.91 Å². The zero-order chi connectivity index (χ0) is 18.5. The molecule has 0 radical (unpaired) electrons. The molecule has 0 unspecified atom stereocenters. The van der Waals surface area contributed by atoms with Crippen LogP contribution in [0, 0.1) is 0 Å². The molecule has 4 nitrogen and oxygen atoms in total. The fraction of sp³-hybridized carbons (Fsp3) is 0.136. The van der Waals surface area contributed by atoms with Crippen LogP contribution in [0.1, 0.15) is 30.2 Å². The number of rotatable bonds is 5. The fourth-order valence-electron chi connectivity index (χ4n) is 2.71.